The van der Waals surface area contributed by atoms with Crippen molar-refractivity contribution >= 4 is 0 Å². The van der Waals surface area contributed by atoms with Gasteiger partial charge < -0.3 is 10.2 Å². The average Bonchev–Trinajstić information content (AvgIpc) is 2.06. The number of hydrogen-bond donors (Lipinski definition) is 2. The molecule has 0 spiro atoms. The van der Waals surface area contributed by atoms with E-state index in [9.17, 15) is 10.2 Å². The van der Waals surface area contributed by atoms with Gasteiger partial charge in [-0.25, -0.2) is 0 Å². The van der Waals surface area contributed by atoms with Crippen LogP contribution in [0.1, 0.15) is 52.9 Å². The van der Waals surface area contributed by atoms with Crippen molar-refractivity contribution in [3.05, 3.63) is 0 Å². The number of aliphatic hydroxyl groups excluding tert-OH is 1. The van der Waals surface area contributed by atoms with Gasteiger partial charge in [-0.15, -0.1) is 0 Å². The molecule has 3 unspecified atom stereocenters. The van der Waals surface area contributed by atoms with Gasteiger partial charge in [0.15, 0.2) is 0 Å². The fraction of sp³-hybridized carbons (Fsp3) is 1.00. The smallest absolute Gasteiger partial charge is 0.0595 e. The fourth-order valence-electron chi connectivity index (χ4n) is 2.58. The molecule has 0 saturated heterocycles. The molecule has 0 aliphatic heterocycles. The van der Waals surface area contributed by atoms with Crippen molar-refractivity contribution in [2.24, 2.45) is 11.8 Å². The summed E-state index contributed by atoms with van der Waals surface area (Å²) >= 11 is 0. The monoisotopic (exact) mass is 200 g/mol. The van der Waals surface area contributed by atoms with Crippen molar-refractivity contribution in [2.45, 2.75) is 64.6 Å². The molecule has 1 aliphatic rings. The van der Waals surface area contributed by atoms with Crippen LogP contribution in [0, 0.1) is 11.8 Å². The first-order valence-corrected chi connectivity index (χ1v) is 5.83. The van der Waals surface area contributed by atoms with Crippen LogP contribution in [-0.2, 0) is 0 Å². The molecular weight excluding hydrogens is 176 g/mol. The zero-order valence-corrected chi connectivity index (χ0v) is 9.66. The lowest BCUT2D eigenvalue weighted by Gasteiger charge is -2.36. The standard InChI is InChI=1S/C12H24O2/c1-4-9-5-6-11(13)10(7-9)8-12(2,3)14/h9-11,13-14H,4-8H2,1-3H3. The molecular formula is C12H24O2. The SMILES string of the molecule is CCC1CCC(O)C(CC(C)(C)O)C1. The molecule has 1 rings (SSSR count). The summed E-state index contributed by atoms with van der Waals surface area (Å²) in [5.41, 5.74) is -0.638. The molecule has 0 aromatic rings. The van der Waals surface area contributed by atoms with Crippen molar-refractivity contribution in [2.75, 3.05) is 0 Å². The van der Waals surface area contributed by atoms with Gasteiger partial charge in [-0.1, -0.05) is 13.3 Å². The molecule has 2 nitrogen and oxygen atoms in total. The molecule has 2 N–H and O–H groups in total. The Labute approximate surface area is 87.3 Å². The van der Waals surface area contributed by atoms with E-state index in [0.717, 1.165) is 31.6 Å². The first kappa shape index (κ1) is 12.0. The van der Waals surface area contributed by atoms with Gasteiger partial charge in [0, 0.05) is 0 Å². The number of hydrogen-bond acceptors (Lipinski definition) is 2. The molecule has 0 heterocycles. The van der Waals surface area contributed by atoms with E-state index in [1.54, 1.807) is 0 Å². The minimum atomic E-state index is -0.638. The van der Waals surface area contributed by atoms with Gasteiger partial charge in [-0.05, 0) is 51.4 Å². The zero-order chi connectivity index (χ0) is 10.8. The van der Waals surface area contributed by atoms with E-state index in [-0.39, 0.29) is 6.10 Å². The van der Waals surface area contributed by atoms with Crippen LogP contribution < -0.4 is 0 Å². The van der Waals surface area contributed by atoms with Crippen LogP contribution in [-0.4, -0.2) is 21.9 Å². The van der Waals surface area contributed by atoms with Gasteiger partial charge in [-0.2, -0.15) is 0 Å². The molecule has 1 saturated carbocycles. The molecule has 3 atom stereocenters. The first-order chi connectivity index (χ1) is 6.42. The summed E-state index contributed by atoms with van der Waals surface area (Å²) in [7, 11) is 0. The lowest BCUT2D eigenvalue weighted by molar-refractivity contribution is -0.0149. The fourth-order valence-corrected chi connectivity index (χ4v) is 2.58. The van der Waals surface area contributed by atoms with Crippen LogP contribution in [0.25, 0.3) is 0 Å². The van der Waals surface area contributed by atoms with Gasteiger partial charge in [0.25, 0.3) is 0 Å². The lowest BCUT2D eigenvalue weighted by atomic mass is 9.74. The highest BCUT2D eigenvalue weighted by molar-refractivity contribution is 4.83. The summed E-state index contributed by atoms with van der Waals surface area (Å²) < 4.78 is 0. The predicted molar refractivity (Wildman–Crippen MR) is 58.0 cm³/mol. The molecule has 1 fully saturated rings. The van der Waals surface area contributed by atoms with Crippen molar-refractivity contribution in [1.82, 2.24) is 0 Å². The summed E-state index contributed by atoms with van der Waals surface area (Å²) in [6.07, 6.45) is 4.89. The minimum absolute atomic E-state index is 0.191. The molecule has 14 heavy (non-hydrogen) atoms. The van der Waals surface area contributed by atoms with E-state index in [4.69, 9.17) is 0 Å². The van der Waals surface area contributed by atoms with Crippen molar-refractivity contribution in [3.8, 4) is 0 Å². The Balaban J connectivity index is 2.48. The molecule has 84 valence electrons. The highest BCUT2D eigenvalue weighted by Crippen LogP contribution is 2.35. The van der Waals surface area contributed by atoms with E-state index in [2.05, 4.69) is 6.92 Å². The van der Waals surface area contributed by atoms with Crippen molar-refractivity contribution in [3.63, 3.8) is 0 Å². The van der Waals surface area contributed by atoms with Gasteiger partial charge in [0.05, 0.1) is 11.7 Å². The molecule has 1 aliphatic carbocycles. The van der Waals surface area contributed by atoms with Crippen molar-refractivity contribution in [1.29, 1.82) is 0 Å². The van der Waals surface area contributed by atoms with Gasteiger partial charge in [0.2, 0.25) is 0 Å². The summed E-state index contributed by atoms with van der Waals surface area (Å²) in [6.45, 7) is 5.87. The molecule has 2 heteroatoms. The van der Waals surface area contributed by atoms with E-state index >= 15 is 0 Å². The van der Waals surface area contributed by atoms with Gasteiger partial charge in [0.1, 0.15) is 0 Å². The Bertz CT molecular complexity index is 172. The Hall–Kier alpha value is -0.0800. The predicted octanol–water partition coefficient (Wildman–Crippen LogP) is 2.33. The normalized spacial score (nSPS) is 34.5. The highest BCUT2D eigenvalue weighted by atomic mass is 16.3. The summed E-state index contributed by atoms with van der Waals surface area (Å²) in [4.78, 5) is 0. The molecule has 0 radical (unpaired) electrons. The second-order valence-electron chi connectivity index (χ2n) is 5.43. The van der Waals surface area contributed by atoms with Crippen LogP contribution in [0.4, 0.5) is 0 Å². The van der Waals surface area contributed by atoms with Crippen LogP contribution in [0.5, 0.6) is 0 Å². The Kier molecular flexibility index (Phi) is 3.96. The maximum atomic E-state index is 9.83. The molecule has 0 aromatic carbocycles. The van der Waals surface area contributed by atoms with E-state index in [1.165, 1.54) is 6.42 Å². The third-order valence-corrected chi connectivity index (χ3v) is 3.39. The van der Waals surface area contributed by atoms with Crippen LogP contribution in [0.2, 0.25) is 0 Å². The second-order valence-corrected chi connectivity index (χ2v) is 5.43. The van der Waals surface area contributed by atoms with Crippen LogP contribution in [0.3, 0.4) is 0 Å². The third kappa shape index (κ3) is 3.58. The quantitative estimate of drug-likeness (QED) is 0.734. The molecule has 0 aromatic heterocycles. The summed E-state index contributed by atoms with van der Waals surface area (Å²) in [5.74, 6) is 1.06. The highest BCUT2D eigenvalue weighted by Gasteiger charge is 2.31. The Morgan fingerprint density at radius 2 is 1.93 bits per heavy atom. The largest absolute Gasteiger partial charge is 0.393 e. The average molecular weight is 200 g/mol. The van der Waals surface area contributed by atoms with E-state index in [0.29, 0.717) is 5.92 Å². The number of rotatable bonds is 3. The van der Waals surface area contributed by atoms with Crippen LogP contribution >= 0.6 is 0 Å². The third-order valence-electron chi connectivity index (χ3n) is 3.39. The van der Waals surface area contributed by atoms with Gasteiger partial charge >= 0.3 is 0 Å². The van der Waals surface area contributed by atoms with E-state index in [1.807, 2.05) is 13.8 Å². The first-order valence-electron chi connectivity index (χ1n) is 5.83. The van der Waals surface area contributed by atoms with E-state index < -0.39 is 5.60 Å². The van der Waals surface area contributed by atoms with Crippen LogP contribution in [0.15, 0.2) is 0 Å². The topological polar surface area (TPSA) is 40.5 Å². The Morgan fingerprint density at radius 3 is 2.43 bits per heavy atom. The lowest BCUT2D eigenvalue weighted by Crippen LogP contribution is -2.34. The zero-order valence-electron chi connectivity index (χ0n) is 9.66. The molecule has 0 bridgehead atoms. The second kappa shape index (κ2) is 4.63. The van der Waals surface area contributed by atoms with Crippen molar-refractivity contribution < 1.29 is 10.2 Å². The maximum absolute atomic E-state index is 9.83. The van der Waals surface area contributed by atoms with Gasteiger partial charge in [-0.3, -0.25) is 0 Å². The Morgan fingerprint density at radius 1 is 1.29 bits per heavy atom. The summed E-state index contributed by atoms with van der Waals surface area (Å²) in [6, 6.07) is 0. The number of aliphatic hydroxyl groups is 2. The maximum Gasteiger partial charge on any atom is 0.0595 e. The molecule has 0 amide bonds. The minimum Gasteiger partial charge on any atom is -0.393 e. The summed E-state index contributed by atoms with van der Waals surface area (Å²) in [5, 5.41) is 19.6.